The molecule has 2 heterocycles. The molecule has 1 amide bonds. The molecule has 3 aromatic carbocycles. The number of nitrogens with zero attached hydrogens (tertiary/aromatic N) is 3. The van der Waals surface area contributed by atoms with Gasteiger partial charge >= 0.3 is 5.91 Å². The first kappa shape index (κ1) is 25.7. The van der Waals surface area contributed by atoms with E-state index in [2.05, 4.69) is 17.1 Å². The zero-order chi connectivity index (χ0) is 26.6. The van der Waals surface area contributed by atoms with Crippen LogP contribution in [0.2, 0.25) is 0 Å². The molecule has 7 nitrogen and oxygen atoms in total. The Kier molecular flexibility index (Phi) is 7.57. The van der Waals surface area contributed by atoms with E-state index in [9.17, 15) is 14.7 Å². The Morgan fingerprint density at radius 2 is 1.68 bits per heavy atom. The topological polar surface area (TPSA) is 92.6 Å². The van der Waals surface area contributed by atoms with Crippen molar-refractivity contribution in [1.29, 1.82) is 0 Å². The number of carbonyl (C=O) groups is 2. The Bertz CT molecular complexity index is 1480. The Labute approximate surface area is 228 Å². The fourth-order valence-electron chi connectivity index (χ4n) is 4.26. The standard InChI is InChI=1S/C29H25N3O4S2/c1-3-18-9-11-20(12-10-18)24-23(25(33)21-13-15-22(36-2)16-14-21)26(34)27(35)32(24)28-30-31-29(38-28)37-17-19-7-5-4-6-8-19/h4-16,24,33H,3,17H2,1-2H3/b25-23-. The van der Waals surface area contributed by atoms with Crippen molar-refractivity contribution in [3.05, 3.63) is 107 Å². The molecule has 1 fully saturated rings. The molecular formula is C29H25N3O4S2. The third-order valence-corrected chi connectivity index (χ3v) is 8.45. The summed E-state index contributed by atoms with van der Waals surface area (Å²) in [5, 5.41) is 20.1. The van der Waals surface area contributed by atoms with E-state index in [1.807, 2.05) is 54.6 Å². The van der Waals surface area contributed by atoms with Gasteiger partial charge in [0.1, 0.15) is 11.5 Å². The van der Waals surface area contributed by atoms with Crippen LogP contribution in [0.4, 0.5) is 5.13 Å². The number of hydrogen-bond donors (Lipinski definition) is 1. The van der Waals surface area contributed by atoms with E-state index in [-0.39, 0.29) is 11.3 Å². The number of aromatic nitrogens is 2. The van der Waals surface area contributed by atoms with Crippen molar-refractivity contribution in [3.63, 3.8) is 0 Å². The van der Waals surface area contributed by atoms with Crippen LogP contribution in [0.15, 0.2) is 88.8 Å². The second-order valence-corrected chi connectivity index (χ2v) is 10.8. The Morgan fingerprint density at radius 1 is 0.974 bits per heavy atom. The van der Waals surface area contributed by atoms with Crippen molar-refractivity contribution in [2.24, 2.45) is 0 Å². The van der Waals surface area contributed by atoms with Gasteiger partial charge in [-0.1, -0.05) is 84.6 Å². The molecule has 0 saturated carbocycles. The average molecular weight is 544 g/mol. The van der Waals surface area contributed by atoms with Crippen LogP contribution in [-0.2, 0) is 21.8 Å². The number of thioether (sulfide) groups is 1. The van der Waals surface area contributed by atoms with Gasteiger partial charge in [-0.2, -0.15) is 0 Å². The molecule has 0 radical (unpaired) electrons. The molecule has 1 saturated heterocycles. The summed E-state index contributed by atoms with van der Waals surface area (Å²) in [5.74, 6) is -0.449. The summed E-state index contributed by atoms with van der Waals surface area (Å²) in [6.07, 6.45) is 0.852. The third-order valence-electron chi connectivity index (χ3n) is 6.32. The smallest absolute Gasteiger partial charge is 0.301 e. The quantitative estimate of drug-likeness (QED) is 0.0954. The van der Waals surface area contributed by atoms with Crippen LogP contribution < -0.4 is 9.64 Å². The second kappa shape index (κ2) is 11.2. The van der Waals surface area contributed by atoms with Gasteiger partial charge in [-0.3, -0.25) is 14.5 Å². The lowest BCUT2D eigenvalue weighted by Crippen LogP contribution is -2.29. The fraction of sp³-hybridized carbons (Fsp3) is 0.172. The molecule has 5 rings (SSSR count). The molecule has 1 aliphatic heterocycles. The highest BCUT2D eigenvalue weighted by Gasteiger charge is 2.48. The summed E-state index contributed by atoms with van der Waals surface area (Å²) in [4.78, 5) is 28.1. The number of aryl methyl sites for hydroxylation is 1. The number of amides is 1. The van der Waals surface area contributed by atoms with Crippen LogP contribution >= 0.6 is 23.1 Å². The number of aliphatic hydroxyl groups is 1. The Morgan fingerprint density at radius 3 is 2.34 bits per heavy atom. The van der Waals surface area contributed by atoms with Crippen LogP contribution in [-0.4, -0.2) is 34.1 Å². The highest BCUT2D eigenvalue weighted by atomic mass is 32.2. The highest BCUT2D eigenvalue weighted by molar-refractivity contribution is 8.00. The van der Waals surface area contributed by atoms with Crippen molar-refractivity contribution >= 4 is 45.7 Å². The number of ether oxygens (including phenoxy) is 1. The van der Waals surface area contributed by atoms with Crippen molar-refractivity contribution in [2.75, 3.05) is 12.0 Å². The maximum absolute atomic E-state index is 13.4. The predicted molar refractivity (Wildman–Crippen MR) is 150 cm³/mol. The van der Waals surface area contributed by atoms with E-state index in [1.165, 1.54) is 28.0 Å². The number of benzene rings is 3. The van der Waals surface area contributed by atoms with Gasteiger partial charge < -0.3 is 9.84 Å². The Hall–Kier alpha value is -3.95. The van der Waals surface area contributed by atoms with Gasteiger partial charge in [0, 0.05) is 11.3 Å². The van der Waals surface area contributed by atoms with Crippen molar-refractivity contribution in [1.82, 2.24) is 10.2 Å². The predicted octanol–water partition coefficient (Wildman–Crippen LogP) is 6.03. The summed E-state index contributed by atoms with van der Waals surface area (Å²) < 4.78 is 5.89. The van der Waals surface area contributed by atoms with Gasteiger partial charge in [-0.05, 0) is 47.4 Å². The number of Topliss-reactive ketones (excluding diaryl/α,β-unsaturated/α-hetero) is 1. The number of aliphatic hydroxyl groups excluding tert-OH is 1. The molecule has 1 aromatic heterocycles. The maximum Gasteiger partial charge on any atom is 0.301 e. The summed E-state index contributed by atoms with van der Waals surface area (Å²) in [6.45, 7) is 2.06. The van der Waals surface area contributed by atoms with Crippen molar-refractivity contribution in [2.45, 2.75) is 29.5 Å². The average Bonchev–Trinajstić information content (AvgIpc) is 3.54. The molecule has 9 heteroatoms. The second-order valence-electron chi connectivity index (χ2n) is 8.62. The molecule has 0 aliphatic carbocycles. The number of hydrogen-bond acceptors (Lipinski definition) is 8. The van der Waals surface area contributed by atoms with Crippen LogP contribution in [0, 0.1) is 0 Å². The van der Waals surface area contributed by atoms with E-state index in [0.717, 1.165) is 17.5 Å². The fourth-order valence-corrected chi connectivity index (χ4v) is 6.09. The van der Waals surface area contributed by atoms with Crippen molar-refractivity contribution < 1.29 is 19.4 Å². The van der Waals surface area contributed by atoms with Gasteiger partial charge in [0.15, 0.2) is 4.34 Å². The number of rotatable bonds is 8. The van der Waals surface area contributed by atoms with Gasteiger partial charge in [0.05, 0.1) is 18.7 Å². The van der Waals surface area contributed by atoms with Gasteiger partial charge in [-0.25, -0.2) is 0 Å². The molecule has 1 atom stereocenters. The summed E-state index contributed by atoms with van der Waals surface area (Å²) >= 11 is 2.76. The summed E-state index contributed by atoms with van der Waals surface area (Å²) in [6, 6.07) is 23.5. The molecule has 0 bridgehead atoms. The lowest BCUT2D eigenvalue weighted by Gasteiger charge is -2.22. The molecule has 4 aromatic rings. The zero-order valence-corrected chi connectivity index (χ0v) is 22.5. The first-order chi connectivity index (χ1) is 18.5. The highest BCUT2D eigenvalue weighted by Crippen LogP contribution is 2.44. The summed E-state index contributed by atoms with van der Waals surface area (Å²) in [7, 11) is 1.55. The molecule has 1 N–H and O–H groups in total. The third kappa shape index (κ3) is 5.07. The minimum Gasteiger partial charge on any atom is -0.507 e. The first-order valence-electron chi connectivity index (χ1n) is 12.0. The van der Waals surface area contributed by atoms with E-state index >= 15 is 0 Å². The zero-order valence-electron chi connectivity index (χ0n) is 20.8. The lowest BCUT2D eigenvalue weighted by molar-refractivity contribution is -0.132. The molecule has 192 valence electrons. The van der Waals surface area contributed by atoms with Crippen LogP contribution in [0.25, 0.3) is 5.76 Å². The molecule has 1 aliphatic rings. The monoisotopic (exact) mass is 543 g/mol. The molecule has 1 unspecified atom stereocenters. The number of methoxy groups -OCH3 is 1. The first-order valence-corrected chi connectivity index (χ1v) is 13.8. The van der Waals surface area contributed by atoms with Gasteiger partial charge in [0.2, 0.25) is 5.13 Å². The van der Waals surface area contributed by atoms with E-state index in [4.69, 9.17) is 4.74 Å². The largest absolute Gasteiger partial charge is 0.507 e. The van der Waals surface area contributed by atoms with Crippen LogP contribution in [0.5, 0.6) is 5.75 Å². The molecular weight excluding hydrogens is 518 g/mol. The molecule has 0 spiro atoms. The van der Waals surface area contributed by atoms with Crippen molar-refractivity contribution in [3.8, 4) is 5.75 Å². The van der Waals surface area contributed by atoms with Crippen LogP contribution in [0.1, 0.15) is 35.2 Å². The van der Waals surface area contributed by atoms with Gasteiger partial charge in [0.25, 0.3) is 5.78 Å². The number of ketones is 1. The lowest BCUT2D eigenvalue weighted by atomic mass is 9.94. The van der Waals surface area contributed by atoms with Gasteiger partial charge in [-0.15, -0.1) is 10.2 Å². The number of carbonyl (C=O) groups excluding carboxylic acids is 2. The van der Waals surface area contributed by atoms with E-state index in [1.54, 1.807) is 31.4 Å². The molecule has 38 heavy (non-hydrogen) atoms. The van der Waals surface area contributed by atoms with Crippen LogP contribution in [0.3, 0.4) is 0 Å². The maximum atomic E-state index is 13.4. The minimum atomic E-state index is -0.845. The minimum absolute atomic E-state index is 0.0121. The van der Waals surface area contributed by atoms with E-state index in [0.29, 0.717) is 32.1 Å². The Balaban J connectivity index is 1.54. The normalized spacial score (nSPS) is 16.7. The number of anilines is 1. The summed E-state index contributed by atoms with van der Waals surface area (Å²) in [5.41, 5.74) is 3.39. The van der Waals surface area contributed by atoms with E-state index < -0.39 is 17.7 Å². The SMILES string of the molecule is CCc1ccc(C2/C(=C(/O)c3ccc(OC)cc3)C(=O)C(=O)N2c2nnc(SCc3ccccc3)s2)cc1.